The Morgan fingerprint density at radius 2 is 1.47 bits per heavy atom. The molecule has 0 bridgehead atoms. The second-order valence-electron chi connectivity index (χ2n) is 10.1. The maximum absolute atomic E-state index is 13.2. The summed E-state index contributed by atoms with van der Waals surface area (Å²) in [6.45, 7) is 11.7. The van der Waals surface area contributed by atoms with Gasteiger partial charge in [-0.15, -0.1) is 0 Å². The molecule has 7 heteroatoms. The molecule has 4 atom stereocenters. The highest BCUT2D eigenvalue weighted by Gasteiger charge is 2.57. The molecule has 0 heterocycles. The minimum absolute atomic E-state index is 0.356. The largest absolute Gasteiger partial charge is 0.460 e. The Balaban J connectivity index is 2.62. The van der Waals surface area contributed by atoms with Gasteiger partial charge in [-0.05, 0) is 66.2 Å². The van der Waals surface area contributed by atoms with Crippen LogP contribution in [0.3, 0.4) is 0 Å². The summed E-state index contributed by atoms with van der Waals surface area (Å²) in [5, 5.41) is 11.6. The van der Waals surface area contributed by atoms with Gasteiger partial charge < -0.3 is 14.6 Å². The third kappa shape index (κ3) is 5.82. The van der Waals surface area contributed by atoms with Gasteiger partial charge in [0.2, 0.25) is 0 Å². The first-order valence-corrected chi connectivity index (χ1v) is 10.4. The zero-order valence-electron chi connectivity index (χ0n) is 18.6. The SMILES string of the molecule is CC(C)(C)OC(=O)[C@@H]1C(=O)C[C@@](C)(O)[C@@H](C(=O)OC(C)(C)C)[C@H]1c1ccc(Cl)cc1. The molecule has 0 aromatic heterocycles. The smallest absolute Gasteiger partial charge is 0.317 e. The summed E-state index contributed by atoms with van der Waals surface area (Å²) in [5.41, 5.74) is -2.79. The molecular weight excluding hydrogens is 408 g/mol. The van der Waals surface area contributed by atoms with Gasteiger partial charge in [0.15, 0.2) is 5.78 Å². The summed E-state index contributed by atoms with van der Waals surface area (Å²) in [6, 6.07) is 6.53. The minimum Gasteiger partial charge on any atom is -0.460 e. The average Bonchev–Trinajstić information content (AvgIpc) is 2.50. The van der Waals surface area contributed by atoms with Crippen LogP contribution >= 0.6 is 11.6 Å². The molecule has 1 aliphatic rings. The Bertz CT molecular complexity index is 814. The molecule has 0 spiro atoms. The Morgan fingerprint density at radius 1 is 1.00 bits per heavy atom. The van der Waals surface area contributed by atoms with E-state index in [2.05, 4.69) is 0 Å². The Kier molecular flexibility index (Phi) is 6.74. The van der Waals surface area contributed by atoms with E-state index >= 15 is 0 Å². The highest BCUT2D eigenvalue weighted by Crippen LogP contribution is 2.47. The van der Waals surface area contributed by atoms with Crippen LogP contribution in [0.1, 0.15) is 66.4 Å². The van der Waals surface area contributed by atoms with Crippen LogP contribution in [0.15, 0.2) is 24.3 Å². The highest BCUT2D eigenvalue weighted by molar-refractivity contribution is 6.30. The van der Waals surface area contributed by atoms with E-state index in [1.807, 2.05) is 0 Å². The third-order valence-electron chi connectivity index (χ3n) is 4.84. The maximum Gasteiger partial charge on any atom is 0.317 e. The lowest BCUT2D eigenvalue weighted by atomic mass is 9.61. The monoisotopic (exact) mass is 438 g/mol. The van der Waals surface area contributed by atoms with Gasteiger partial charge in [-0.3, -0.25) is 14.4 Å². The molecule has 30 heavy (non-hydrogen) atoms. The average molecular weight is 439 g/mol. The minimum atomic E-state index is -1.69. The molecule has 1 N–H and O–H groups in total. The van der Waals surface area contributed by atoms with Crippen molar-refractivity contribution in [1.82, 2.24) is 0 Å². The number of carbonyl (C=O) groups excluding carboxylic acids is 3. The van der Waals surface area contributed by atoms with Crippen molar-refractivity contribution in [3.8, 4) is 0 Å². The number of carbonyl (C=O) groups is 3. The topological polar surface area (TPSA) is 89.9 Å². The molecule has 0 unspecified atom stereocenters. The Labute approximate surface area is 182 Å². The number of ether oxygens (including phenoxy) is 2. The predicted molar refractivity (Wildman–Crippen MR) is 113 cm³/mol. The van der Waals surface area contributed by atoms with Gasteiger partial charge in [-0.2, -0.15) is 0 Å². The molecule has 0 radical (unpaired) electrons. The number of rotatable bonds is 3. The van der Waals surface area contributed by atoms with Crippen LogP contribution in [-0.2, 0) is 23.9 Å². The molecule has 1 aromatic carbocycles. The number of benzene rings is 1. The number of aliphatic hydroxyl groups is 1. The maximum atomic E-state index is 13.2. The lowest BCUT2D eigenvalue weighted by Gasteiger charge is -2.44. The molecule has 1 fully saturated rings. The van der Waals surface area contributed by atoms with E-state index < -0.39 is 52.3 Å². The van der Waals surface area contributed by atoms with Crippen LogP contribution in [0.5, 0.6) is 0 Å². The quantitative estimate of drug-likeness (QED) is 0.565. The van der Waals surface area contributed by atoms with E-state index in [9.17, 15) is 19.5 Å². The van der Waals surface area contributed by atoms with Crippen molar-refractivity contribution < 1.29 is 29.0 Å². The number of hydrogen-bond acceptors (Lipinski definition) is 6. The van der Waals surface area contributed by atoms with Gasteiger partial charge in [-0.1, -0.05) is 23.7 Å². The summed E-state index contributed by atoms with van der Waals surface area (Å²) >= 11 is 6.01. The summed E-state index contributed by atoms with van der Waals surface area (Å²) in [5.74, 6) is -5.22. The van der Waals surface area contributed by atoms with Crippen molar-refractivity contribution in [2.24, 2.45) is 11.8 Å². The van der Waals surface area contributed by atoms with Gasteiger partial charge >= 0.3 is 11.9 Å². The molecular formula is C23H31ClO6. The standard InChI is InChI=1S/C23H31ClO6/c1-21(2,3)29-19(26)17-15(25)12-23(7,28)18(20(27)30-22(4,5)6)16(17)13-8-10-14(24)11-9-13/h8-11,16-18,28H,12H2,1-7H3/t16-,17+,18+,23+/m0/s1. The van der Waals surface area contributed by atoms with E-state index in [0.717, 1.165) is 0 Å². The zero-order valence-corrected chi connectivity index (χ0v) is 19.4. The second kappa shape index (κ2) is 8.31. The molecule has 0 aliphatic heterocycles. The van der Waals surface area contributed by atoms with Gasteiger partial charge in [0.1, 0.15) is 17.1 Å². The van der Waals surface area contributed by atoms with Gasteiger partial charge in [0, 0.05) is 17.4 Å². The lowest BCUT2D eigenvalue weighted by molar-refractivity contribution is -0.182. The fourth-order valence-electron chi connectivity index (χ4n) is 3.83. The summed E-state index contributed by atoms with van der Waals surface area (Å²) < 4.78 is 11.1. The van der Waals surface area contributed by atoms with Crippen LogP contribution in [0.4, 0.5) is 0 Å². The van der Waals surface area contributed by atoms with Crippen LogP contribution in [0, 0.1) is 11.8 Å². The molecule has 1 aromatic rings. The predicted octanol–water partition coefficient (Wildman–Crippen LogP) is 4.06. The molecule has 6 nitrogen and oxygen atoms in total. The number of halogens is 1. The first-order chi connectivity index (χ1) is 13.5. The van der Waals surface area contributed by atoms with Crippen molar-refractivity contribution in [3.63, 3.8) is 0 Å². The number of esters is 2. The molecule has 1 aliphatic carbocycles. The normalized spacial score (nSPS) is 27.5. The van der Waals surface area contributed by atoms with E-state index in [-0.39, 0.29) is 6.42 Å². The fraction of sp³-hybridized carbons (Fsp3) is 0.609. The van der Waals surface area contributed by atoms with E-state index in [4.69, 9.17) is 21.1 Å². The summed E-state index contributed by atoms with van der Waals surface area (Å²) in [6.07, 6.45) is -0.356. The molecule has 2 rings (SSSR count). The van der Waals surface area contributed by atoms with Crippen molar-refractivity contribution >= 4 is 29.3 Å². The Morgan fingerprint density at radius 3 is 1.93 bits per heavy atom. The lowest BCUT2D eigenvalue weighted by Crippen LogP contribution is -2.56. The molecule has 0 amide bonds. The fourth-order valence-corrected chi connectivity index (χ4v) is 3.96. The van der Waals surface area contributed by atoms with Crippen molar-refractivity contribution in [2.45, 2.75) is 77.6 Å². The van der Waals surface area contributed by atoms with Crippen molar-refractivity contribution in [2.75, 3.05) is 0 Å². The summed E-state index contributed by atoms with van der Waals surface area (Å²) in [4.78, 5) is 39.2. The zero-order chi connectivity index (χ0) is 23.1. The van der Waals surface area contributed by atoms with E-state index in [1.54, 1.807) is 65.8 Å². The third-order valence-corrected chi connectivity index (χ3v) is 5.10. The van der Waals surface area contributed by atoms with Crippen molar-refractivity contribution in [3.05, 3.63) is 34.9 Å². The molecule has 0 saturated heterocycles. The Hall–Kier alpha value is -1.92. The first-order valence-electron chi connectivity index (χ1n) is 9.98. The first kappa shape index (κ1) is 24.4. The summed E-state index contributed by atoms with van der Waals surface area (Å²) in [7, 11) is 0. The van der Waals surface area contributed by atoms with Crippen LogP contribution in [0.25, 0.3) is 0 Å². The van der Waals surface area contributed by atoms with Crippen LogP contribution < -0.4 is 0 Å². The van der Waals surface area contributed by atoms with Gasteiger partial charge in [0.25, 0.3) is 0 Å². The van der Waals surface area contributed by atoms with Crippen LogP contribution in [0.2, 0.25) is 5.02 Å². The van der Waals surface area contributed by atoms with Gasteiger partial charge in [0.05, 0.1) is 11.5 Å². The van der Waals surface area contributed by atoms with E-state index in [1.165, 1.54) is 6.92 Å². The molecule has 1 saturated carbocycles. The van der Waals surface area contributed by atoms with Crippen LogP contribution in [-0.4, -0.2) is 39.6 Å². The number of Topliss-reactive ketones (excluding diaryl/α,β-unsaturated/α-hetero) is 1. The van der Waals surface area contributed by atoms with E-state index in [0.29, 0.717) is 10.6 Å². The highest BCUT2D eigenvalue weighted by atomic mass is 35.5. The van der Waals surface area contributed by atoms with Gasteiger partial charge in [-0.25, -0.2) is 0 Å². The number of hydrogen-bond donors (Lipinski definition) is 1. The molecule has 166 valence electrons. The number of ketones is 1. The van der Waals surface area contributed by atoms with Crippen molar-refractivity contribution in [1.29, 1.82) is 0 Å². The second-order valence-corrected chi connectivity index (χ2v) is 10.5.